The summed E-state index contributed by atoms with van der Waals surface area (Å²) < 4.78 is 5.34. The number of H-pyrrole nitrogens is 1. The van der Waals surface area contributed by atoms with Gasteiger partial charge in [-0.2, -0.15) is 0 Å². The molecule has 1 amide bonds. The molecule has 2 aromatic heterocycles. The van der Waals surface area contributed by atoms with E-state index in [4.69, 9.17) is 4.42 Å². The number of nitrogens with one attached hydrogen (secondary N) is 3. The van der Waals surface area contributed by atoms with Crippen molar-refractivity contribution in [3.63, 3.8) is 0 Å². The van der Waals surface area contributed by atoms with Crippen LogP contribution in [0.25, 0.3) is 11.1 Å². The summed E-state index contributed by atoms with van der Waals surface area (Å²) in [6.45, 7) is 2.02. The van der Waals surface area contributed by atoms with Crippen molar-refractivity contribution in [2.75, 3.05) is 18.4 Å². The molecule has 0 saturated carbocycles. The highest BCUT2D eigenvalue weighted by molar-refractivity contribution is 6.06. The van der Waals surface area contributed by atoms with Crippen LogP contribution in [0.15, 0.2) is 39.8 Å². The molecule has 26 heavy (non-hydrogen) atoms. The van der Waals surface area contributed by atoms with E-state index in [0.717, 1.165) is 0 Å². The fourth-order valence-corrected chi connectivity index (χ4v) is 2.57. The topological polar surface area (TPSA) is 143 Å². The minimum absolute atomic E-state index is 0.0480. The van der Waals surface area contributed by atoms with Gasteiger partial charge in [0.05, 0.1) is 16.8 Å². The van der Waals surface area contributed by atoms with Crippen LogP contribution in [-0.2, 0) is 0 Å². The van der Waals surface area contributed by atoms with Gasteiger partial charge in [-0.3, -0.25) is 19.7 Å². The first-order chi connectivity index (χ1) is 12.5. The summed E-state index contributed by atoms with van der Waals surface area (Å²) in [4.78, 5) is 41.1. The number of para-hydroxylation sites is 2. The molecule has 10 heteroatoms. The number of carbonyl (C=O) groups is 1. The van der Waals surface area contributed by atoms with Crippen LogP contribution in [0.4, 0.5) is 11.4 Å². The molecule has 134 valence electrons. The fraction of sp³-hybridized carbons (Fsp3) is 0.188. The zero-order chi connectivity index (χ0) is 18.7. The van der Waals surface area contributed by atoms with Gasteiger partial charge in [0.1, 0.15) is 16.8 Å². The lowest BCUT2D eigenvalue weighted by molar-refractivity contribution is -0.384. The van der Waals surface area contributed by atoms with Gasteiger partial charge in [-0.25, -0.2) is 4.98 Å². The third-order valence-electron chi connectivity index (χ3n) is 3.72. The zero-order valence-electron chi connectivity index (χ0n) is 13.7. The summed E-state index contributed by atoms with van der Waals surface area (Å²) in [5.74, 6) is -0.197. The number of fused-ring (bicyclic) bond motifs is 1. The molecule has 0 unspecified atom stereocenters. The van der Waals surface area contributed by atoms with Crippen LogP contribution in [0, 0.1) is 17.0 Å². The minimum atomic E-state index is -0.485. The van der Waals surface area contributed by atoms with Crippen molar-refractivity contribution in [3.05, 3.63) is 62.4 Å². The number of amides is 1. The van der Waals surface area contributed by atoms with Crippen molar-refractivity contribution in [1.82, 2.24) is 15.3 Å². The summed E-state index contributed by atoms with van der Waals surface area (Å²) in [5, 5.41) is 16.6. The van der Waals surface area contributed by atoms with Gasteiger partial charge in [-0.1, -0.05) is 12.1 Å². The smallest absolute Gasteiger partial charge is 0.292 e. The first kappa shape index (κ1) is 17.1. The van der Waals surface area contributed by atoms with E-state index in [2.05, 4.69) is 20.6 Å². The maximum absolute atomic E-state index is 12.4. The summed E-state index contributed by atoms with van der Waals surface area (Å²) >= 11 is 0. The fourth-order valence-electron chi connectivity index (χ4n) is 2.57. The number of anilines is 1. The number of nitrogens with zero attached hydrogens (tertiary/aromatic N) is 2. The Balaban J connectivity index is 1.67. The van der Waals surface area contributed by atoms with Crippen LogP contribution in [0.3, 0.4) is 0 Å². The molecule has 0 saturated heterocycles. The van der Waals surface area contributed by atoms with Crippen LogP contribution in [-0.4, -0.2) is 33.9 Å². The zero-order valence-corrected chi connectivity index (χ0v) is 13.7. The van der Waals surface area contributed by atoms with Crippen LogP contribution in [0.1, 0.15) is 16.1 Å². The number of aromatic amines is 1. The van der Waals surface area contributed by atoms with Crippen molar-refractivity contribution in [2.45, 2.75) is 6.92 Å². The minimum Gasteiger partial charge on any atom is -0.442 e. The summed E-state index contributed by atoms with van der Waals surface area (Å²) in [6, 6.07) is 6.22. The maximum atomic E-state index is 12.4. The molecule has 10 nitrogen and oxygen atoms in total. The second kappa shape index (κ2) is 7.05. The molecular formula is C16H15N5O5. The third-order valence-corrected chi connectivity index (χ3v) is 3.72. The Morgan fingerprint density at radius 3 is 2.88 bits per heavy atom. The number of rotatable bonds is 6. The van der Waals surface area contributed by atoms with Crippen molar-refractivity contribution >= 4 is 28.4 Å². The predicted molar refractivity (Wildman–Crippen MR) is 93.3 cm³/mol. The predicted octanol–water partition coefficient (Wildman–Crippen LogP) is 1.57. The number of hydrogen-bond acceptors (Lipinski definition) is 7. The molecule has 0 radical (unpaired) electrons. The van der Waals surface area contributed by atoms with Gasteiger partial charge < -0.3 is 20.0 Å². The molecule has 0 fully saturated rings. The van der Waals surface area contributed by atoms with Crippen molar-refractivity contribution in [3.8, 4) is 0 Å². The van der Waals surface area contributed by atoms with Crippen LogP contribution in [0.5, 0.6) is 0 Å². The Hall–Kier alpha value is -3.69. The summed E-state index contributed by atoms with van der Waals surface area (Å²) in [5.41, 5.74) is 0.0648. The van der Waals surface area contributed by atoms with E-state index in [-0.39, 0.29) is 41.2 Å². The molecule has 0 atom stereocenters. The summed E-state index contributed by atoms with van der Waals surface area (Å²) in [6.07, 6.45) is 1.20. The third kappa shape index (κ3) is 3.24. The van der Waals surface area contributed by atoms with E-state index < -0.39 is 16.4 Å². The van der Waals surface area contributed by atoms with Crippen molar-refractivity contribution in [2.24, 2.45) is 0 Å². The van der Waals surface area contributed by atoms with E-state index in [9.17, 15) is 19.7 Å². The van der Waals surface area contributed by atoms with Gasteiger partial charge in [-0.05, 0) is 13.0 Å². The van der Waals surface area contributed by atoms with Gasteiger partial charge >= 0.3 is 0 Å². The monoisotopic (exact) mass is 357 g/mol. The normalized spacial score (nSPS) is 10.7. The van der Waals surface area contributed by atoms with Gasteiger partial charge in [0.25, 0.3) is 17.2 Å². The number of aromatic nitrogens is 2. The first-order valence-electron chi connectivity index (χ1n) is 7.71. The number of furan rings is 1. The number of aryl methyl sites for hydroxylation is 1. The lowest BCUT2D eigenvalue weighted by Crippen LogP contribution is -2.29. The maximum Gasteiger partial charge on any atom is 0.292 e. The van der Waals surface area contributed by atoms with Gasteiger partial charge in [0.15, 0.2) is 0 Å². The van der Waals surface area contributed by atoms with Gasteiger partial charge in [0, 0.05) is 19.2 Å². The van der Waals surface area contributed by atoms with Crippen LogP contribution in [0.2, 0.25) is 0 Å². The van der Waals surface area contributed by atoms with E-state index in [1.165, 1.54) is 12.4 Å². The average molecular weight is 357 g/mol. The second-order valence-electron chi connectivity index (χ2n) is 5.40. The number of nitro benzene ring substituents is 1. The molecule has 3 rings (SSSR count). The standard InChI is InChI=1S/C16H15N5O5/c1-9-12(13-15(23)19-8-20-16(13)26-9)14(22)18-7-6-17-10-4-2-3-5-11(10)21(24)25/h2-5,8,17H,6-7H2,1H3,(H,18,22)(H,19,20,23). The van der Waals surface area contributed by atoms with E-state index in [1.54, 1.807) is 25.1 Å². The number of nitro groups is 1. The number of carbonyl (C=O) groups excluding carboxylic acids is 1. The Bertz CT molecular complexity index is 1040. The summed E-state index contributed by atoms with van der Waals surface area (Å²) in [7, 11) is 0. The molecule has 0 aliphatic carbocycles. The first-order valence-corrected chi connectivity index (χ1v) is 7.71. The Kier molecular flexibility index (Phi) is 4.65. The van der Waals surface area contributed by atoms with E-state index in [0.29, 0.717) is 5.69 Å². The Labute approximate surface area is 146 Å². The van der Waals surface area contributed by atoms with E-state index >= 15 is 0 Å². The molecular weight excluding hydrogens is 342 g/mol. The largest absolute Gasteiger partial charge is 0.442 e. The molecule has 2 heterocycles. The highest BCUT2D eigenvalue weighted by atomic mass is 16.6. The van der Waals surface area contributed by atoms with Crippen molar-refractivity contribution < 1.29 is 14.1 Å². The lowest BCUT2D eigenvalue weighted by atomic mass is 10.2. The van der Waals surface area contributed by atoms with Gasteiger partial charge in [-0.15, -0.1) is 0 Å². The highest BCUT2D eigenvalue weighted by Gasteiger charge is 2.21. The SMILES string of the molecule is Cc1oc2nc[nH]c(=O)c2c1C(=O)NCCNc1ccccc1[N+](=O)[O-]. The van der Waals surface area contributed by atoms with Crippen LogP contribution < -0.4 is 16.2 Å². The molecule has 1 aromatic carbocycles. The molecule has 3 N–H and O–H groups in total. The Morgan fingerprint density at radius 1 is 1.35 bits per heavy atom. The molecule has 0 aliphatic heterocycles. The molecule has 3 aromatic rings. The van der Waals surface area contributed by atoms with Gasteiger partial charge in [0.2, 0.25) is 5.71 Å². The average Bonchev–Trinajstić information content (AvgIpc) is 2.96. The second-order valence-corrected chi connectivity index (χ2v) is 5.40. The number of benzene rings is 1. The number of hydrogen-bond donors (Lipinski definition) is 3. The lowest BCUT2D eigenvalue weighted by Gasteiger charge is -2.08. The molecule has 0 bridgehead atoms. The quantitative estimate of drug-likeness (QED) is 0.345. The van der Waals surface area contributed by atoms with E-state index in [1.807, 2.05) is 0 Å². The van der Waals surface area contributed by atoms with Crippen molar-refractivity contribution in [1.29, 1.82) is 0 Å². The highest BCUT2D eigenvalue weighted by Crippen LogP contribution is 2.23. The Morgan fingerprint density at radius 2 is 2.12 bits per heavy atom. The molecule has 0 aliphatic rings. The van der Waals surface area contributed by atoms with Crippen LogP contribution >= 0.6 is 0 Å². The molecule has 0 spiro atoms.